The van der Waals surface area contributed by atoms with E-state index in [0.717, 1.165) is 77.0 Å². The van der Waals surface area contributed by atoms with Crippen LogP contribution >= 0.6 is 0 Å². The minimum absolute atomic E-state index is 0. The van der Waals surface area contributed by atoms with Crippen molar-refractivity contribution < 1.29 is 91.2 Å². The van der Waals surface area contributed by atoms with E-state index in [9.17, 15) is 0 Å². The standard InChI is InChI=1S/2C34H34B2N6O6.2Fe/c2*1-3-25-17-21-27(22-18-25)35-43-37-29-11-5-8-14-32(29)40-46-36(28-23-19-26(4-2)20-24-28,47-41-33-15-9-6-12-30(33)38-44-35)48-42-34-16-10-7-13-31(34)39-45-35;;/h2*1-2,17-24H,5-16H2;;/q2*-2;2*+2/b2*37-29+,38-30+,39-31+,40-32+,41-33+,42-34+;;. The summed E-state index contributed by atoms with van der Waals surface area (Å²) in [5.74, 6) is 10.6. The Morgan fingerprint density at radius 1 is 0.204 bits per heavy atom. The van der Waals surface area contributed by atoms with Gasteiger partial charge in [0.1, 0.15) is 0 Å². The van der Waals surface area contributed by atoms with Crippen LogP contribution in [0.25, 0.3) is 0 Å². The van der Waals surface area contributed by atoms with Crippen molar-refractivity contribution in [2.24, 2.45) is 61.9 Å². The normalized spacial score (nSPS) is 31.4. The second-order valence-electron chi connectivity index (χ2n) is 24.6. The summed E-state index contributed by atoms with van der Waals surface area (Å²) in [6, 6.07) is 28.3. The van der Waals surface area contributed by atoms with Gasteiger partial charge >= 0.3 is 61.2 Å². The maximum atomic E-state index is 6.34. The fraction of sp³-hybridized carbons (Fsp3) is 0.353. The van der Waals surface area contributed by atoms with Gasteiger partial charge in [0.2, 0.25) is 0 Å². The van der Waals surface area contributed by atoms with E-state index in [2.05, 4.69) is 85.6 Å². The first-order valence-electron chi connectivity index (χ1n) is 33.0. The quantitative estimate of drug-likeness (QED) is 0.137. The first-order chi connectivity index (χ1) is 47.2. The summed E-state index contributed by atoms with van der Waals surface area (Å²) in [7, 11) is 0. The van der Waals surface area contributed by atoms with E-state index in [0.29, 0.717) is 190 Å². The predicted octanol–water partition coefficient (Wildman–Crippen LogP) is 9.25. The second kappa shape index (κ2) is 31.9. The number of terminal acetylenes is 4. The third kappa shape index (κ3) is 15.6. The van der Waals surface area contributed by atoms with Crippen LogP contribution < -0.4 is 21.9 Å². The molecule has 12 aliphatic rings. The predicted molar refractivity (Wildman–Crippen MR) is 372 cm³/mol. The third-order valence-electron chi connectivity index (χ3n) is 18.0. The molecule has 4 aromatic rings. The molecule has 0 unspecified atom stereocenters. The van der Waals surface area contributed by atoms with Crippen LogP contribution in [0, 0.1) is 49.4 Å². The number of nitrogens with zero attached hydrogens (tertiary/aromatic N) is 12. The molecule has 24 nitrogen and oxygen atoms in total. The minimum Gasteiger partial charge on any atom is -0.536 e. The molecule has 0 amide bonds. The van der Waals surface area contributed by atoms with E-state index in [1.54, 1.807) is 97.1 Å². The molecule has 0 N–H and O–H groups in total. The molecule has 98 heavy (non-hydrogen) atoms. The molecular formula is C68H68B4Fe2N12O12. The van der Waals surface area contributed by atoms with Crippen molar-refractivity contribution in [1.29, 1.82) is 0 Å². The molecule has 6 fully saturated rings. The third-order valence-corrected chi connectivity index (χ3v) is 18.0. The Kier molecular flexibility index (Phi) is 22.6. The van der Waals surface area contributed by atoms with Gasteiger partial charge in [-0.2, -0.15) is 0 Å². The molecule has 0 atom stereocenters. The molecule has 4 aromatic carbocycles. The first kappa shape index (κ1) is 69.4. The van der Waals surface area contributed by atoms with Crippen molar-refractivity contribution in [3.63, 3.8) is 0 Å². The molecule has 4 bridgehead atoms. The average molecular weight is 1400 g/mol. The van der Waals surface area contributed by atoms with Crippen molar-refractivity contribution in [2.75, 3.05) is 0 Å². The van der Waals surface area contributed by atoms with E-state index in [4.69, 9.17) is 82.8 Å². The molecule has 0 aromatic heterocycles. The molecule has 500 valence electrons. The minimum atomic E-state index is -2.96. The summed E-state index contributed by atoms with van der Waals surface area (Å²) in [5, 5.41) is 55.2. The van der Waals surface area contributed by atoms with Gasteiger partial charge in [-0.3, -0.25) is 0 Å². The summed E-state index contributed by atoms with van der Waals surface area (Å²) in [5.41, 5.74) is 11.2. The number of oxime groups is 12. The zero-order chi connectivity index (χ0) is 65.6. The smallest absolute Gasteiger partial charge is 0.536 e. The summed E-state index contributed by atoms with van der Waals surface area (Å²) in [6.07, 6.45) is 39.8. The molecule has 0 spiro atoms. The van der Waals surface area contributed by atoms with Gasteiger partial charge in [0.25, 0.3) is 0 Å². The van der Waals surface area contributed by atoms with Crippen molar-refractivity contribution in [3.8, 4) is 49.4 Å². The number of rotatable bonds is 4. The summed E-state index contributed by atoms with van der Waals surface area (Å²) < 4.78 is 76.1. The first-order valence-corrected chi connectivity index (χ1v) is 33.0. The molecule has 30 heteroatoms. The molecular weight excluding hydrogens is 1330 g/mol. The number of fused-ring (bicyclic) bond motifs is 12. The van der Waals surface area contributed by atoms with Gasteiger partial charge in [0, 0.05) is 22.3 Å². The largest absolute Gasteiger partial charge is 2.00 e. The summed E-state index contributed by atoms with van der Waals surface area (Å²) in [6.45, 7) is -11.8. The van der Waals surface area contributed by atoms with Crippen LogP contribution in [0.4, 0.5) is 0 Å². The SMILES string of the molecule is C#Cc1ccc([B-]23O/N=C4\CCCC\C4=N/O[B-](c4ccc(C#C)cc4)(O/N=C4\CCCC\C4=N/O2)O/N=C2\CCCC\C2=N/O3)cc1.C#Cc1ccc([B-]23O/N=C4\CCCC\C4=N/O[B-](c4ccc(C#C)cc4)(O/N=C4\CCCC\C4=N/O2)O/N=C2\CCCC\C2=N/O3)cc1.[Fe+2].[Fe+2]. The Bertz CT molecular complexity index is 3420. The van der Waals surface area contributed by atoms with Gasteiger partial charge in [-0.05, 0) is 203 Å². The molecule has 0 radical (unpaired) electrons. The maximum absolute atomic E-state index is 6.34. The fourth-order valence-corrected chi connectivity index (χ4v) is 12.2. The van der Waals surface area contributed by atoms with Crippen molar-refractivity contribution in [1.82, 2.24) is 0 Å². The van der Waals surface area contributed by atoms with E-state index in [1.165, 1.54) is 0 Å². The van der Waals surface area contributed by atoms with Gasteiger partial charge in [0.05, 0.1) is 68.5 Å². The van der Waals surface area contributed by atoms with Crippen LogP contribution in [-0.4, -0.2) is 95.6 Å². The fourth-order valence-electron chi connectivity index (χ4n) is 12.2. The number of hydrogen-bond acceptors (Lipinski definition) is 24. The Labute approximate surface area is 589 Å². The van der Waals surface area contributed by atoms with Crippen LogP contribution in [0.1, 0.15) is 176 Å². The number of benzene rings is 4. The molecule has 16 rings (SSSR count). The van der Waals surface area contributed by atoms with Gasteiger partial charge in [-0.1, -0.05) is 94.1 Å². The van der Waals surface area contributed by atoms with E-state index in [1.807, 2.05) is 0 Å². The Hall–Kier alpha value is -9.94. The topological polar surface area (TPSA) is 259 Å². The van der Waals surface area contributed by atoms with E-state index in [-0.39, 0.29) is 34.1 Å². The van der Waals surface area contributed by atoms with Gasteiger partial charge in [-0.15, -0.1) is 87.6 Å². The van der Waals surface area contributed by atoms with Crippen molar-refractivity contribution in [3.05, 3.63) is 119 Å². The Balaban J connectivity index is 0.000000194. The monoisotopic (exact) mass is 1400 g/mol. The van der Waals surface area contributed by atoms with Crippen LogP contribution in [0.5, 0.6) is 0 Å². The number of hydrogen-bond donors (Lipinski definition) is 0. The molecule has 6 aliphatic carbocycles. The zero-order valence-electron chi connectivity index (χ0n) is 53.8. The van der Waals surface area contributed by atoms with Crippen LogP contribution in [0.15, 0.2) is 159 Å². The molecule has 0 saturated heterocycles. The summed E-state index contributed by atoms with van der Waals surface area (Å²) in [4.78, 5) is 0. The molecule has 6 heterocycles. The molecule has 6 aliphatic heterocycles. The van der Waals surface area contributed by atoms with Crippen LogP contribution in [0.2, 0.25) is 0 Å². The van der Waals surface area contributed by atoms with Crippen molar-refractivity contribution in [2.45, 2.75) is 154 Å². The van der Waals surface area contributed by atoms with Gasteiger partial charge < -0.3 is 57.1 Å². The average Bonchev–Trinajstić information content (AvgIpc) is 0.795. The molecule has 6 saturated carbocycles. The summed E-state index contributed by atoms with van der Waals surface area (Å²) >= 11 is 0. The van der Waals surface area contributed by atoms with Gasteiger partial charge in [-0.25, -0.2) is 0 Å². The Morgan fingerprint density at radius 3 is 0.418 bits per heavy atom. The van der Waals surface area contributed by atoms with Gasteiger partial charge in [0.15, 0.2) is 0 Å². The van der Waals surface area contributed by atoms with Crippen molar-refractivity contribution >= 4 is 117 Å². The van der Waals surface area contributed by atoms with Crippen LogP contribution in [0.3, 0.4) is 0 Å². The zero-order valence-corrected chi connectivity index (χ0v) is 56.0. The Morgan fingerprint density at radius 2 is 0.316 bits per heavy atom. The van der Waals surface area contributed by atoms with E-state index >= 15 is 0 Å². The maximum Gasteiger partial charge on any atom is 2.00 e. The van der Waals surface area contributed by atoms with Crippen LogP contribution in [-0.2, 0) is 91.2 Å². The van der Waals surface area contributed by atoms with E-state index < -0.39 is 27.0 Å². The second-order valence-corrected chi connectivity index (χ2v) is 24.6.